The van der Waals surface area contributed by atoms with Crippen LogP contribution in [0.5, 0.6) is 11.5 Å². The molecule has 120 valence electrons. The van der Waals surface area contributed by atoms with Crippen molar-refractivity contribution >= 4 is 0 Å². The van der Waals surface area contributed by atoms with Crippen LogP contribution in [-0.2, 0) is 6.54 Å². The van der Waals surface area contributed by atoms with Gasteiger partial charge in [-0.2, -0.15) is 0 Å². The maximum atomic E-state index is 6.01. The van der Waals surface area contributed by atoms with Crippen molar-refractivity contribution in [1.29, 1.82) is 0 Å². The van der Waals surface area contributed by atoms with E-state index in [4.69, 9.17) is 9.47 Å². The summed E-state index contributed by atoms with van der Waals surface area (Å²) in [5.74, 6) is 1.74. The molecule has 4 heteroatoms. The summed E-state index contributed by atoms with van der Waals surface area (Å²) in [6.07, 6.45) is 2.14. The number of hydrogen-bond acceptors (Lipinski definition) is 4. The summed E-state index contributed by atoms with van der Waals surface area (Å²) in [4.78, 5) is 2.17. The highest BCUT2D eigenvalue weighted by Gasteiger charge is 2.10. The van der Waals surface area contributed by atoms with Gasteiger partial charge in [-0.05, 0) is 46.5 Å². The Morgan fingerprint density at radius 3 is 2.62 bits per heavy atom. The molecule has 4 nitrogen and oxygen atoms in total. The lowest BCUT2D eigenvalue weighted by Crippen LogP contribution is -2.17. The SMILES string of the molecule is CCCNCc1cccc(OCC)c1OCCCN(C)C. The second kappa shape index (κ2) is 10.5. The van der Waals surface area contributed by atoms with E-state index in [1.54, 1.807) is 0 Å². The van der Waals surface area contributed by atoms with E-state index in [0.717, 1.165) is 44.0 Å². The minimum Gasteiger partial charge on any atom is -0.490 e. The Balaban J connectivity index is 2.69. The molecule has 21 heavy (non-hydrogen) atoms. The van der Waals surface area contributed by atoms with Crippen LogP contribution in [0.25, 0.3) is 0 Å². The molecular formula is C17H30N2O2. The summed E-state index contributed by atoms with van der Waals surface area (Å²) in [6.45, 7) is 8.39. The lowest BCUT2D eigenvalue weighted by molar-refractivity contribution is 0.256. The number of ether oxygens (including phenoxy) is 2. The van der Waals surface area contributed by atoms with Crippen LogP contribution in [0.2, 0.25) is 0 Å². The molecule has 1 aromatic carbocycles. The molecule has 0 aliphatic rings. The van der Waals surface area contributed by atoms with Gasteiger partial charge in [0.05, 0.1) is 13.2 Å². The van der Waals surface area contributed by atoms with Crippen molar-refractivity contribution in [2.75, 3.05) is 40.4 Å². The van der Waals surface area contributed by atoms with Gasteiger partial charge in [0.1, 0.15) is 0 Å². The molecule has 0 aromatic heterocycles. The second-order valence-electron chi connectivity index (χ2n) is 5.36. The highest BCUT2D eigenvalue weighted by atomic mass is 16.5. The summed E-state index contributed by atoms with van der Waals surface area (Å²) in [6, 6.07) is 6.11. The third-order valence-electron chi connectivity index (χ3n) is 3.10. The Labute approximate surface area is 129 Å². The van der Waals surface area contributed by atoms with Crippen LogP contribution in [-0.4, -0.2) is 45.3 Å². The fourth-order valence-electron chi connectivity index (χ4n) is 2.09. The van der Waals surface area contributed by atoms with Crippen molar-refractivity contribution in [2.45, 2.75) is 33.2 Å². The van der Waals surface area contributed by atoms with Gasteiger partial charge in [-0.3, -0.25) is 0 Å². The molecule has 0 atom stereocenters. The van der Waals surface area contributed by atoms with Gasteiger partial charge in [-0.1, -0.05) is 19.1 Å². The van der Waals surface area contributed by atoms with Gasteiger partial charge in [-0.15, -0.1) is 0 Å². The van der Waals surface area contributed by atoms with E-state index in [1.807, 2.05) is 19.1 Å². The summed E-state index contributed by atoms with van der Waals surface area (Å²) < 4.78 is 11.7. The van der Waals surface area contributed by atoms with Crippen molar-refractivity contribution in [3.63, 3.8) is 0 Å². The normalized spacial score (nSPS) is 10.9. The maximum Gasteiger partial charge on any atom is 0.165 e. The average molecular weight is 294 g/mol. The van der Waals surface area contributed by atoms with Gasteiger partial charge >= 0.3 is 0 Å². The fourth-order valence-corrected chi connectivity index (χ4v) is 2.09. The Morgan fingerprint density at radius 2 is 1.95 bits per heavy atom. The number of nitrogens with one attached hydrogen (secondary N) is 1. The van der Waals surface area contributed by atoms with Crippen LogP contribution in [0.3, 0.4) is 0 Å². The Kier molecular flexibility index (Phi) is 8.87. The lowest BCUT2D eigenvalue weighted by atomic mass is 10.2. The van der Waals surface area contributed by atoms with Gasteiger partial charge in [-0.25, -0.2) is 0 Å². The molecular weight excluding hydrogens is 264 g/mol. The third-order valence-corrected chi connectivity index (χ3v) is 3.10. The largest absolute Gasteiger partial charge is 0.490 e. The van der Waals surface area contributed by atoms with Gasteiger partial charge in [0, 0.05) is 18.7 Å². The molecule has 0 aliphatic carbocycles. The second-order valence-corrected chi connectivity index (χ2v) is 5.36. The first-order valence-corrected chi connectivity index (χ1v) is 7.92. The van der Waals surface area contributed by atoms with Gasteiger partial charge in [0.2, 0.25) is 0 Å². The number of rotatable bonds is 11. The first-order valence-electron chi connectivity index (χ1n) is 7.92. The average Bonchev–Trinajstić information content (AvgIpc) is 2.46. The zero-order chi connectivity index (χ0) is 15.5. The van der Waals surface area contributed by atoms with E-state index < -0.39 is 0 Å². The molecule has 0 saturated heterocycles. The van der Waals surface area contributed by atoms with E-state index >= 15 is 0 Å². The molecule has 1 N–H and O–H groups in total. The zero-order valence-electron chi connectivity index (χ0n) is 13.9. The minimum atomic E-state index is 0.653. The van der Waals surface area contributed by atoms with Crippen molar-refractivity contribution in [3.8, 4) is 11.5 Å². The number of benzene rings is 1. The third kappa shape index (κ3) is 6.82. The van der Waals surface area contributed by atoms with Gasteiger partial charge in [0.25, 0.3) is 0 Å². The number of hydrogen-bond donors (Lipinski definition) is 1. The highest BCUT2D eigenvalue weighted by molar-refractivity contribution is 5.46. The molecule has 0 fully saturated rings. The van der Waals surface area contributed by atoms with Crippen LogP contribution in [0, 0.1) is 0 Å². The van der Waals surface area contributed by atoms with E-state index in [0.29, 0.717) is 13.2 Å². The van der Waals surface area contributed by atoms with Crippen LogP contribution >= 0.6 is 0 Å². The van der Waals surface area contributed by atoms with E-state index in [9.17, 15) is 0 Å². The van der Waals surface area contributed by atoms with Crippen molar-refractivity contribution < 1.29 is 9.47 Å². The zero-order valence-corrected chi connectivity index (χ0v) is 13.9. The van der Waals surface area contributed by atoms with Crippen molar-refractivity contribution in [3.05, 3.63) is 23.8 Å². The molecule has 0 heterocycles. The highest BCUT2D eigenvalue weighted by Crippen LogP contribution is 2.31. The van der Waals surface area contributed by atoms with Gasteiger partial charge < -0.3 is 19.7 Å². The lowest BCUT2D eigenvalue weighted by Gasteiger charge is -2.17. The molecule has 0 radical (unpaired) electrons. The summed E-state index contributed by atoms with van der Waals surface area (Å²) >= 11 is 0. The Bertz CT molecular complexity index is 394. The monoisotopic (exact) mass is 294 g/mol. The van der Waals surface area contributed by atoms with Crippen LogP contribution in [0.15, 0.2) is 18.2 Å². The predicted molar refractivity (Wildman–Crippen MR) is 88.3 cm³/mol. The Hall–Kier alpha value is -1.26. The van der Waals surface area contributed by atoms with Crippen LogP contribution in [0.4, 0.5) is 0 Å². The summed E-state index contributed by atoms with van der Waals surface area (Å²) in [7, 11) is 4.16. The van der Waals surface area contributed by atoms with Gasteiger partial charge in [0.15, 0.2) is 11.5 Å². The summed E-state index contributed by atoms with van der Waals surface area (Å²) in [5, 5.41) is 3.43. The molecule has 1 rings (SSSR count). The molecule has 1 aromatic rings. The minimum absolute atomic E-state index is 0.653. The maximum absolute atomic E-state index is 6.01. The molecule has 0 spiro atoms. The number of para-hydroxylation sites is 1. The topological polar surface area (TPSA) is 33.7 Å². The smallest absolute Gasteiger partial charge is 0.165 e. The Morgan fingerprint density at radius 1 is 1.14 bits per heavy atom. The molecule has 0 unspecified atom stereocenters. The van der Waals surface area contributed by atoms with Crippen molar-refractivity contribution in [2.24, 2.45) is 0 Å². The molecule has 0 bridgehead atoms. The van der Waals surface area contributed by atoms with E-state index in [1.165, 1.54) is 5.56 Å². The van der Waals surface area contributed by atoms with Crippen LogP contribution in [0.1, 0.15) is 32.3 Å². The molecule has 0 aliphatic heterocycles. The van der Waals surface area contributed by atoms with Crippen molar-refractivity contribution in [1.82, 2.24) is 10.2 Å². The first-order chi connectivity index (χ1) is 10.2. The molecule has 0 amide bonds. The molecule has 0 saturated carbocycles. The van der Waals surface area contributed by atoms with Crippen LogP contribution < -0.4 is 14.8 Å². The van der Waals surface area contributed by atoms with E-state index in [-0.39, 0.29) is 0 Å². The van der Waals surface area contributed by atoms with E-state index in [2.05, 4.69) is 37.3 Å². The predicted octanol–water partition coefficient (Wildman–Crippen LogP) is 2.92. The summed E-state index contributed by atoms with van der Waals surface area (Å²) in [5.41, 5.74) is 1.17. The first kappa shape index (κ1) is 17.8. The standard InChI is InChI=1S/C17H30N2O2/c1-5-11-18-14-15-9-7-10-16(20-6-2)17(15)21-13-8-12-19(3)4/h7,9-10,18H,5-6,8,11-14H2,1-4H3. The fraction of sp³-hybridized carbons (Fsp3) is 0.647. The quantitative estimate of drug-likeness (QED) is 0.636. The number of nitrogens with zero attached hydrogens (tertiary/aromatic N) is 1.